The van der Waals surface area contributed by atoms with E-state index in [1.54, 1.807) is 67.6 Å². The third-order valence-corrected chi connectivity index (χ3v) is 5.05. The van der Waals surface area contributed by atoms with Gasteiger partial charge in [-0.2, -0.15) is 9.90 Å². The number of carbonyl (C=O) groups excluding carboxylic acids is 2. The van der Waals surface area contributed by atoms with E-state index in [1.807, 2.05) is 19.1 Å². The predicted octanol–water partition coefficient (Wildman–Crippen LogP) is 5.04. The molecule has 32 heavy (non-hydrogen) atoms. The minimum Gasteiger partial charge on any atom is -0.322 e. The summed E-state index contributed by atoms with van der Waals surface area (Å²) in [6, 6.07) is 21.3. The summed E-state index contributed by atoms with van der Waals surface area (Å²) < 4.78 is 0. The minimum absolute atomic E-state index is 0.197. The molecule has 160 valence electrons. The molecule has 8 heteroatoms. The van der Waals surface area contributed by atoms with E-state index in [9.17, 15) is 9.59 Å². The summed E-state index contributed by atoms with van der Waals surface area (Å²) in [5.41, 5.74) is 3.86. The third kappa shape index (κ3) is 4.68. The first-order valence-corrected chi connectivity index (χ1v) is 10.3. The van der Waals surface area contributed by atoms with Crippen LogP contribution in [0.2, 0.25) is 5.02 Å². The smallest absolute Gasteiger partial charge is 0.278 e. The number of halogens is 1. The zero-order valence-corrected chi connectivity index (χ0v) is 18.2. The highest BCUT2D eigenvalue weighted by Gasteiger charge is 2.18. The number of hydrogen-bond acceptors (Lipinski definition) is 4. The fourth-order valence-corrected chi connectivity index (χ4v) is 3.30. The van der Waals surface area contributed by atoms with E-state index in [1.165, 1.54) is 4.80 Å². The van der Waals surface area contributed by atoms with Gasteiger partial charge in [0.1, 0.15) is 0 Å². The number of rotatable bonds is 5. The van der Waals surface area contributed by atoms with Gasteiger partial charge in [0, 0.05) is 22.0 Å². The van der Waals surface area contributed by atoms with Gasteiger partial charge in [-0.1, -0.05) is 41.9 Å². The molecular weight excluding hydrogens is 426 g/mol. The van der Waals surface area contributed by atoms with E-state index in [-0.39, 0.29) is 11.6 Å². The number of anilines is 2. The number of hydrogen-bond donors (Lipinski definition) is 2. The number of benzene rings is 3. The molecule has 7 nitrogen and oxygen atoms in total. The fourth-order valence-electron chi connectivity index (χ4n) is 3.11. The molecule has 0 bridgehead atoms. The van der Waals surface area contributed by atoms with Crippen molar-refractivity contribution in [1.82, 2.24) is 15.0 Å². The largest absolute Gasteiger partial charge is 0.322 e. The Bertz CT molecular complexity index is 1300. The molecule has 0 aliphatic heterocycles. The molecule has 0 spiro atoms. The van der Waals surface area contributed by atoms with Gasteiger partial charge in [-0.15, -0.1) is 5.10 Å². The van der Waals surface area contributed by atoms with Gasteiger partial charge in [-0.05, 0) is 61.9 Å². The maximum Gasteiger partial charge on any atom is 0.278 e. The van der Waals surface area contributed by atoms with Gasteiger partial charge in [0.15, 0.2) is 5.69 Å². The molecule has 1 aromatic heterocycles. The molecule has 0 fully saturated rings. The number of aryl methyl sites for hydroxylation is 2. The molecular formula is C24H20ClN5O2. The molecule has 0 atom stereocenters. The van der Waals surface area contributed by atoms with Crippen molar-refractivity contribution in [3.8, 4) is 5.69 Å². The van der Waals surface area contributed by atoms with Gasteiger partial charge in [0.05, 0.1) is 11.4 Å². The van der Waals surface area contributed by atoms with E-state index in [2.05, 4.69) is 20.8 Å². The summed E-state index contributed by atoms with van der Waals surface area (Å²) in [6.45, 7) is 3.58. The average molecular weight is 446 g/mol. The average Bonchev–Trinajstić information content (AvgIpc) is 3.18. The summed E-state index contributed by atoms with van der Waals surface area (Å²) in [6.07, 6.45) is 0. The van der Waals surface area contributed by atoms with Crippen LogP contribution < -0.4 is 10.6 Å². The normalized spacial score (nSPS) is 10.6. The second-order valence-electron chi connectivity index (χ2n) is 7.21. The van der Waals surface area contributed by atoms with Gasteiger partial charge >= 0.3 is 0 Å². The molecule has 4 aromatic rings. The second-order valence-corrected chi connectivity index (χ2v) is 7.64. The van der Waals surface area contributed by atoms with Crippen molar-refractivity contribution >= 4 is 34.8 Å². The summed E-state index contributed by atoms with van der Waals surface area (Å²) in [4.78, 5) is 26.7. The van der Waals surface area contributed by atoms with E-state index >= 15 is 0 Å². The van der Waals surface area contributed by atoms with Crippen molar-refractivity contribution in [2.45, 2.75) is 13.8 Å². The molecule has 0 aliphatic rings. The third-order valence-electron chi connectivity index (χ3n) is 4.82. The van der Waals surface area contributed by atoms with Crippen molar-refractivity contribution in [3.63, 3.8) is 0 Å². The minimum atomic E-state index is -0.398. The van der Waals surface area contributed by atoms with E-state index in [4.69, 9.17) is 11.6 Å². The maximum atomic E-state index is 12.9. The monoisotopic (exact) mass is 445 g/mol. The van der Waals surface area contributed by atoms with Crippen molar-refractivity contribution in [2.75, 3.05) is 10.6 Å². The number of aromatic nitrogens is 3. The van der Waals surface area contributed by atoms with Crippen molar-refractivity contribution in [1.29, 1.82) is 0 Å². The topological polar surface area (TPSA) is 88.9 Å². The Kier molecular flexibility index (Phi) is 6.00. The predicted molar refractivity (Wildman–Crippen MR) is 125 cm³/mol. The van der Waals surface area contributed by atoms with Crippen LogP contribution in [0.25, 0.3) is 5.69 Å². The summed E-state index contributed by atoms with van der Waals surface area (Å²) >= 11 is 6.04. The van der Waals surface area contributed by atoms with Crippen molar-refractivity contribution < 1.29 is 9.59 Å². The van der Waals surface area contributed by atoms with Gasteiger partial charge in [0.2, 0.25) is 0 Å². The molecule has 0 aliphatic carbocycles. The highest BCUT2D eigenvalue weighted by Crippen LogP contribution is 2.22. The fraction of sp³-hybridized carbons (Fsp3) is 0.0833. The first-order chi connectivity index (χ1) is 15.4. The van der Waals surface area contributed by atoms with Gasteiger partial charge in [-0.3, -0.25) is 9.59 Å². The summed E-state index contributed by atoms with van der Waals surface area (Å²) in [7, 11) is 0. The lowest BCUT2D eigenvalue weighted by Gasteiger charge is -2.11. The quantitative estimate of drug-likeness (QED) is 0.450. The van der Waals surface area contributed by atoms with Crippen molar-refractivity contribution in [2.24, 2.45) is 0 Å². The highest BCUT2D eigenvalue weighted by atomic mass is 35.5. The Morgan fingerprint density at radius 2 is 1.62 bits per heavy atom. The Balaban J connectivity index is 1.53. The van der Waals surface area contributed by atoms with Crippen LogP contribution in [0.4, 0.5) is 11.4 Å². The van der Waals surface area contributed by atoms with Crippen LogP contribution in [0.5, 0.6) is 0 Å². The summed E-state index contributed by atoms with van der Waals surface area (Å²) in [5, 5.41) is 14.9. The molecule has 4 rings (SSSR count). The van der Waals surface area contributed by atoms with Gasteiger partial charge in [0.25, 0.3) is 11.8 Å². The number of nitrogens with one attached hydrogen (secondary N) is 2. The number of amides is 2. The Morgan fingerprint density at radius 3 is 2.38 bits per heavy atom. The SMILES string of the molecule is Cc1ccc(NC(=O)c2ccccc2)cc1NC(=O)c1nn(-c2cccc(Cl)c2)nc1C. The van der Waals surface area contributed by atoms with E-state index in [0.717, 1.165) is 5.56 Å². The Labute approximate surface area is 190 Å². The number of carbonyl (C=O) groups is 2. The lowest BCUT2D eigenvalue weighted by Crippen LogP contribution is -2.16. The van der Waals surface area contributed by atoms with E-state index in [0.29, 0.717) is 33.3 Å². The first kappa shape index (κ1) is 21.3. The highest BCUT2D eigenvalue weighted by molar-refractivity contribution is 6.30. The van der Waals surface area contributed by atoms with Gasteiger partial charge < -0.3 is 10.6 Å². The molecule has 0 radical (unpaired) electrons. The molecule has 2 amide bonds. The number of nitrogens with zero attached hydrogens (tertiary/aromatic N) is 3. The van der Waals surface area contributed by atoms with Crippen LogP contribution in [0.15, 0.2) is 72.8 Å². The van der Waals surface area contributed by atoms with Crippen LogP contribution in [-0.4, -0.2) is 26.8 Å². The van der Waals surface area contributed by atoms with Crippen LogP contribution in [0.1, 0.15) is 32.1 Å². The Hall–Kier alpha value is -3.97. The Morgan fingerprint density at radius 1 is 0.844 bits per heavy atom. The lowest BCUT2D eigenvalue weighted by atomic mass is 10.1. The van der Waals surface area contributed by atoms with Crippen LogP contribution in [0, 0.1) is 13.8 Å². The van der Waals surface area contributed by atoms with Gasteiger partial charge in [-0.25, -0.2) is 0 Å². The lowest BCUT2D eigenvalue weighted by molar-refractivity contribution is 0.101. The molecule has 0 unspecified atom stereocenters. The molecule has 0 saturated carbocycles. The standard InChI is InChI=1S/C24H20ClN5O2/c1-15-11-12-19(26-23(31)17-7-4-3-5-8-17)14-21(15)27-24(32)22-16(2)28-30(29-22)20-10-6-9-18(25)13-20/h3-14H,1-2H3,(H,26,31)(H,27,32). The van der Waals surface area contributed by atoms with Crippen LogP contribution in [-0.2, 0) is 0 Å². The van der Waals surface area contributed by atoms with Crippen LogP contribution in [0.3, 0.4) is 0 Å². The zero-order chi connectivity index (χ0) is 22.7. The van der Waals surface area contributed by atoms with E-state index < -0.39 is 5.91 Å². The second kappa shape index (κ2) is 9.03. The van der Waals surface area contributed by atoms with Crippen molar-refractivity contribution in [3.05, 3.63) is 100 Å². The van der Waals surface area contributed by atoms with Crippen LogP contribution >= 0.6 is 11.6 Å². The summed E-state index contributed by atoms with van der Waals surface area (Å²) in [5.74, 6) is -0.627. The first-order valence-electron chi connectivity index (χ1n) is 9.89. The maximum absolute atomic E-state index is 12.9. The molecule has 0 saturated heterocycles. The molecule has 2 N–H and O–H groups in total. The molecule has 3 aromatic carbocycles. The molecule has 1 heterocycles. The zero-order valence-electron chi connectivity index (χ0n) is 17.5.